The fraction of sp³-hybridized carbons (Fsp3) is 1.00. The summed E-state index contributed by atoms with van der Waals surface area (Å²) in [5, 5.41) is 0. The van der Waals surface area contributed by atoms with Gasteiger partial charge in [-0.1, -0.05) is 0 Å². The van der Waals surface area contributed by atoms with E-state index in [2.05, 4.69) is 7.43 Å². The molecule has 21 heavy (non-hydrogen) atoms. The molecule has 0 aromatic heterocycles. The van der Waals surface area contributed by atoms with Crippen molar-refractivity contribution in [3.63, 3.8) is 0 Å². The molecular formula is C18H35ClPPd. The third-order valence-electron chi connectivity index (χ3n) is 6.13. The Morgan fingerprint density at radius 2 is 0.762 bits per heavy atom. The first kappa shape index (κ1) is 17.2. The summed E-state index contributed by atoms with van der Waals surface area (Å²) in [5.41, 5.74) is 0. The first-order chi connectivity index (χ1) is 10.1. The van der Waals surface area contributed by atoms with Gasteiger partial charge in [-0.2, -0.15) is 0 Å². The Kier molecular flexibility index (Phi) is 5.82. The first-order valence-electron chi connectivity index (χ1n) is 9.30. The minimum atomic E-state index is -2.58. The van der Waals surface area contributed by atoms with Crippen LogP contribution in [0.15, 0.2) is 0 Å². The van der Waals surface area contributed by atoms with E-state index in [0.29, 0.717) is 0 Å². The van der Waals surface area contributed by atoms with Crippen molar-refractivity contribution < 1.29 is 12.8 Å². The molecule has 0 radical (unpaired) electrons. The zero-order valence-electron chi connectivity index (χ0n) is 13.6. The van der Waals surface area contributed by atoms with Crippen LogP contribution in [0.5, 0.6) is 0 Å². The molecule has 0 spiro atoms. The van der Waals surface area contributed by atoms with Gasteiger partial charge in [0.25, 0.3) is 0 Å². The van der Waals surface area contributed by atoms with E-state index in [1.165, 1.54) is 96.3 Å². The van der Waals surface area contributed by atoms with E-state index in [1.807, 2.05) is 0 Å². The summed E-state index contributed by atoms with van der Waals surface area (Å²) in [6.07, 6.45) is 21.9. The quantitative estimate of drug-likeness (QED) is 0.319. The standard InChI is InChI=1S/3C6H11.ClH.H2P.Pd/c3*1-2-4-6-5-3-1;;;/h3*1H,2-6H2;1H;1H2;/q;;;;-1;+2/p-1. The van der Waals surface area contributed by atoms with E-state index in [0.717, 1.165) is 13.2 Å². The van der Waals surface area contributed by atoms with E-state index in [9.17, 15) is 0 Å². The molecule has 0 N–H and O–H groups in total. The number of hydrogen-bond donors (Lipinski definition) is 0. The molecule has 129 valence electrons. The van der Waals surface area contributed by atoms with Gasteiger partial charge in [0.1, 0.15) is 0 Å². The van der Waals surface area contributed by atoms with Crippen molar-refractivity contribution in [2.75, 3.05) is 0 Å². The van der Waals surface area contributed by atoms with E-state index in [1.54, 1.807) is 0 Å². The molecule has 0 aliphatic heterocycles. The maximum atomic E-state index is 7.96. The molecule has 0 aromatic rings. The Morgan fingerprint density at radius 1 is 0.524 bits per heavy atom. The van der Waals surface area contributed by atoms with Crippen LogP contribution in [-0.4, -0.2) is 0 Å². The molecule has 0 amide bonds. The van der Waals surface area contributed by atoms with Crippen molar-refractivity contribution in [3.05, 3.63) is 0 Å². The Morgan fingerprint density at radius 3 is 1.00 bits per heavy atom. The topological polar surface area (TPSA) is 0 Å². The van der Waals surface area contributed by atoms with Crippen molar-refractivity contribution in [1.29, 1.82) is 0 Å². The van der Waals surface area contributed by atoms with Crippen molar-refractivity contribution in [1.82, 2.24) is 0 Å². The van der Waals surface area contributed by atoms with Gasteiger partial charge in [0.2, 0.25) is 0 Å². The predicted octanol–water partition coefficient (Wildman–Crippen LogP) is 7.88. The molecule has 3 saturated carbocycles. The molecule has 3 heteroatoms. The minimum absolute atomic E-state index is 0.909. The summed E-state index contributed by atoms with van der Waals surface area (Å²) < 4.78 is 2.73. The normalized spacial score (nSPS) is 29.9. The molecule has 3 rings (SSSR count). The Bertz CT molecular complexity index is 287. The van der Waals surface area contributed by atoms with Gasteiger partial charge in [-0.3, -0.25) is 0 Å². The Balaban J connectivity index is 1.90. The van der Waals surface area contributed by atoms with Crippen molar-refractivity contribution in [2.45, 2.75) is 109 Å². The Labute approximate surface area is 139 Å². The second-order valence-electron chi connectivity index (χ2n) is 7.46. The summed E-state index contributed by atoms with van der Waals surface area (Å²) in [4.78, 5) is 0. The average Bonchev–Trinajstić information content (AvgIpc) is 2.57. The molecule has 3 aliphatic rings. The zero-order valence-corrected chi connectivity index (χ0v) is 17.1. The SMILES string of the molecule is [PH2][Pd]([Cl])([CH]1CCCCC1)([CH]1CCCCC1)[CH]1CCCCC1. The van der Waals surface area contributed by atoms with E-state index >= 15 is 0 Å². The average molecular weight is 424 g/mol. The van der Waals surface area contributed by atoms with Crippen LogP contribution < -0.4 is 0 Å². The van der Waals surface area contributed by atoms with Gasteiger partial charge in [0.05, 0.1) is 0 Å². The molecular weight excluding hydrogens is 389 g/mol. The fourth-order valence-corrected chi connectivity index (χ4v) is 21.8. The molecule has 0 bridgehead atoms. The van der Waals surface area contributed by atoms with Crippen LogP contribution in [0.3, 0.4) is 0 Å². The summed E-state index contributed by atoms with van der Waals surface area (Å²) in [5.74, 6) is 0. The van der Waals surface area contributed by atoms with Gasteiger partial charge >= 0.3 is 139 Å². The fourth-order valence-electron chi connectivity index (χ4n) is 4.87. The van der Waals surface area contributed by atoms with E-state index in [-0.39, 0.29) is 0 Å². The summed E-state index contributed by atoms with van der Waals surface area (Å²) in [6.45, 7) is 0. The summed E-state index contributed by atoms with van der Waals surface area (Å²) >= 11 is -2.58. The zero-order chi connectivity index (χ0) is 14.8. The molecule has 0 heterocycles. The van der Waals surface area contributed by atoms with Gasteiger partial charge in [0, 0.05) is 0 Å². The molecule has 3 fully saturated rings. The Hall–Kier alpha value is 1.38. The van der Waals surface area contributed by atoms with Crippen LogP contribution in [0.2, 0.25) is 13.2 Å². The maximum absolute atomic E-state index is 7.96. The molecule has 1 atom stereocenters. The van der Waals surface area contributed by atoms with Gasteiger partial charge in [0.15, 0.2) is 0 Å². The van der Waals surface area contributed by atoms with Crippen molar-refractivity contribution >= 4 is 17.0 Å². The molecule has 0 aromatic carbocycles. The third kappa shape index (κ3) is 3.29. The van der Waals surface area contributed by atoms with Crippen LogP contribution in [0.1, 0.15) is 96.3 Å². The number of hydrogen-bond acceptors (Lipinski definition) is 0. The predicted molar refractivity (Wildman–Crippen MR) is 96.1 cm³/mol. The molecule has 0 nitrogen and oxygen atoms in total. The van der Waals surface area contributed by atoms with Crippen LogP contribution in [0, 0.1) is 0 Å². The second-order valence-corrected chi connectivity index (χ2v) is 25.2. The van der Waals surface area contributed by atoms with Crippen molar-refractivity contribution in [3.8, 4) is 0 Å². The van der Waals surface area contributed by atoms with Crippen LogP contribution >= 0.6 is 17.0 Å². The third-order valence-corrected chi connectivity index (χ3v) is 25.6. The van der Waals surface area contributed by atoms with Gasteiger partial charge in [-0.15, -0.1) is 0 Å². The molecule has 1 unspecified atom stereocenters. The van der Waals surface area contributed by atoms with Crippen LogP contribution in [-0.2, 0) is 12.8 Å². The second kappa shape index (κ2) is 7.10. The summed E-state index contributed by atoms with van der Waals surface area (Å²) in [6, 6.07) is 0. The molecule has 3 aliphatic carbocycles. The monoisotopic (exact) mass is 423 g/mol. The van der Waals surface area contributed by atoms with Crippen LogP contribution in [0.4, 0.5) is 0 Å². The summed E-state index contributed by atoms with van der Waals surface area (Å²) in [7, 11) is 11.5. The number of rotatable bonds is 3. The van der Waals surface area contributed by atoms with Crippen LogP contribution in [0.25, 0.3) is 0 Å². The van der Waals surface area contributed by atoms with E-state index < -0.39 is 12.8 Å². The molecule has 0 saturated heterocycles. The van der Waals surface area contributed by atoms with Gasteiger partial charge in [-0.25, -0.2) is 0 Å². The van der Waals surface area contributed by atoms with Crippen molar-refractivity contribution in [2.24, 2.45) is 0 Å². The van der Waals surface area contributed by atoms with Gasteiger partial charge < -0.3 is 0 Å². The van der Waals surface area contributed by atoms with Gasteiger partial charge in [-0.05, 0) is 0 Å². The first-order valence-corrected chi connectivity index (χ1v) is 17.1. The van der Waals surface area contributed by atoms with E-state index in [4.69, 9.17) is 9.53 Å². The number of halogens is 1.